The summed E-state index contributed by atoms with van der Waals surface area (Å²) in [5, 5.41) is 16.3. The van der Waals surface area contributed by atoms with Gasteiger partial charge in [0.05, 0.1) is 18.6 Å². The summed E-state index contributed by atoms with van der Waals surface area (Å²) in [6.45, 7) is 9.45. The highest BCUT2D eigenvalue weighted by atomic mass is 16.5. The molecule has 0 unspecified atom stereocenters. The molecule has 1 fully saturated rings. The van der Waals surface area contributed by atoms with Gasteiger partial charge in [-0.3, -0.25) is 9.59 Å². The second kappa shape index (κ2) is 13.4. The number of unbranched alkanes of at least 4 members (excludes halogenated alkanes) is 1. The SMILES string of the molecule is CCCCOCCN[C@H]1[C@@H]([C@H](NC(C)=O)C(CC)CC)[C@H](N=C(N)N)C[C@@H]1C(=O)O.[3HH]. The minimum atomic E-state index is -0.885. The fourth-order valence-electron chi connectivity index (χ4n) is 4.60. The summed E-state index contributed by atoms with van der Waals surface area (Å²) in [4.78, 5) is 28.4. The number of rotatable bonds is 14. The van der Waals surface area contributed by atoms with Crippen molar-refractivity contribution in [3.05, 3.63) is 0 Å². The first-order valence-corrected chi connectivity index (χ1v) is 11.2. The first-order chi connectivity index (χ1) is 14.3. The van der Waals surface area contributed by atoms with Gasteiger partial charge in [0.25, 0.3) is 0 Å². The van der Waals surface area contributed by atoms with Crippen molar-refractivity contribution in [3.8, 4) is 0 Å². The third-order valence-corrected chi connectivity index (χ3v) is 6.03. The van der Waals surface area contributed by atoms with E-state index < -0.39 is 11.9 Å². The molecule has 0 saturated heterocycles. The van der Waals surface area contributed by atoms with Gasteiger partial charge in [0.15, 0.2) is 5.96 Å². The standard InChI is InChI=1S/C21H41N5O4.H2/c1-5-8-10-30-11-9-24-19-15(20(28)29)12-16(26-21(22)23)17(19)18(25-13(4)27)14(6-2)7-3;/h14-19,24H,5-12H2,1-4H3,(H,25,27)(H,28,29)(H4,22,23,26);1H/t15-,16+,17+,18+,19+;/m0./s1/i;1+2. The van der Waals surface area contributed by atoms with Crippen LogP contribution >= 0.6 is 0 Å². The predicted molar refractivity (Wildman–Crippen MR) is 120 cm³/mol. The monoisotopic (exact) mass is 431 g/mol. The van der Waals surface area contributed by atoms with Crippen LogP contribution in [0.15, 0.2) is 4.99 Å². The zero-order chi connectivity index (χ0) is 22.7. The van der Waals surface area contributed by atoms with Gasteiger partial charge in [-0.1, -0.05) is 40.0 Å². The van der Waals surface area contributed by atoms with Gasteiger partial charge in [-0.05, 0) is 18.8 Å². The maximum Gasteiger partial charge on any atom is 0.308 e. The maximum absolute atomic E-state index is 12.0. The molecule has 0 aromatic rings. The van der Waals surface area contributed by atoms with E-state index in [0.717, 1.165) is 25.7 Å². The van der Waals surface area contributed by atoms with E-state index in [1.54, 1.807) is 0 Å². The summed E-state index contributed by atoms with van der Waals surface area (Å²) in [6.07, 6.45) is 4.10. The number of ether oxygens (including phenoxy) is 1. The van der Waals surface area contributed by atoms with Crippen molar-refractivity contribution in [2.24, 2.45) is 34.2 Å². The van der Waals surface area contributed by atoms with Crippen LogP contribution in [0.5, 0.6) is 0 Å². The fourth-order valence-corrected chi connectivity index (χ4v) is 4.60. The van der Waals surface area contributed by atoms with E-state index in [1.807, 2.05) is 0 Å². The molecular formula is C21H43N5O4. The van der Waals surface area contributed by atoms with Gasteiger partial charge < -0.3 is 31.9 Å². The number of nitrogens with one attached hydrogen (secondary N) is 2. The molecule has 0 aromatic carbocycles. The van der Waals surface area contributed by atoms with Crippen LogP contribution in [0.1, 0.15) is 61.2 Å². The Morgan fingerprint density at radius 1 is 1.23 bits per heavy atom. The van der Waals surface area contributed by atoms with Gasteiger partial charge in [0, 0.05) is 39.5 Å². The molecule has 9 heteroatoms. The van der Waals surface area contributed by atoms with Crippen molar-refractivity contribution in [1.82, 2.24) is 10.6 Å². The number of carboxylic acids is 1. The molecule has 30 heavy (non-hydrogen) atoms. The molecule has 0 aliphatic heterocycles. The van der Waals surface area contributed by atoms with Crippen LogP contribution < -0.4 is 22.1 Å². The summed E-state index contributed by atoms with van der Waals surface area (Å²) < 4.78 is 5.62. The molecule has 1 amide bonds. The van der Waals surface area contributed by atoms with Crippen LogP contribution in [0.2, 0.25) is 0 Å². The molecular weight excluding hydrogens is 386 g/mol. The minimum Gasteiger partial charge on any atom is -0.481 e. The van der Waals surface area contributed by atoms with Gasteiger partial charge in [-0.25, -0.2) is 4.99 Å². The molecule has 1 saturated carbocycles. The lowest BCUT2D eigenvalue weighted by atomic mass is 9.79. The zero-order valence-electron chi connectivity index (χ0n) is 18.9. The lowest BCUT2D eigenvalue weighted by Crippen LogP contribution is -2.55. The second-order valence-electron chi connectivity index (χ2n) is 8.13. The molecule has 0 radical (unpaired) electrons. The van der Waals surface area contributed by atoms with E-state index >= 15 is 0 Å². The topological polar surface area (TPSA) is 152 Å². The third-order valence-electron chi connectivity index (χ3n) is 6.03. The normalized spacial score (nSPS) is 24.6. The van der Waals surface area contributed by atoms with Crippen LogP contribution in [0.25, 0.3) is 0 Å². The molecule has 5 atom stereocenters. The zero-order valence-corrected chi connectivity index (χ0v) is 18.9. The summed E-state index contributed by atoms with van der Waals surface area (Å²) in [7, 11) is 0. The van der Waals surface area contributed by atoms with Crippen molar-refractivity contribution >= 4 is 17.8 Å². The van der Waals surface area contributed by atoms with Crippen molar-refractivity contribution in [3.63, 3.8) is 0 Å². The number of carbonyl (C=O) groups is 2. The number of carboxylic acid groups (broad SMARTS) is 1. The Morgan fingerprint density at radius 2 is 1.90 bits per heavy atom. The highest BCUT2D eigenvalue weighted by molar-refractivity contribution is 5.77. The quantitative estimate of drug-likeness (QED) is 0.158. The molecule has 7 N–H and O–H groups in total. The summed E-state index contributed by atoms with van der Waals surface area (Å²) in [6, 6.07) is -0.983. The highest BCUT2D eigenvalue weighted by Gasteiger charge is 2.51. The Labute approximate surface area is 181 Å². The Bertz CT molecular complexity index is 570. The number of hydrogen-bond donors (Lipinski definition) is 5. The number of nitrogens with zero attached hydrogens (tertiary/aromatic N) is 1. The first-order valence-electron chi connectivity index (χ1n) is 11.2. The number of guanidine groups is 1. The Hall–Kier alpha value is -1.87. The van der Waals surface area contributed by atoms with E-state index in [0.29, 0.717) is 26.2 Å². The first kappa shape index (κ1) is 26.2. The molecule has 0 aromatic heterocycles. The smallest absolute Gasteiger partial charge is 0.308 e. The van der Waals surface area contributed by atoms with E-state index in [4.69, 9.17) is 16.2 Å². The molecule has 9 nitrogen and oxygen atoms in total. The number of nitrogens with two attached hydrogens (primary N) is 2. The van der Waals surface area contributed by atoms with Crippen molar-refractivity contribution in [1.29, 1.82) is 0 Å². The summed E-state index contributed by atoms with van der Waals surface area (Å²) >= 11 is 0. The average molecular weight is 432 g/mol. The number of aliphatic carboxylic acids is 1. The minimum absolute atomic E-state index is 0. The van der Waals surface area contributed by atoms with E-state index in [-0.39, 0.29) is 43.3 Å². The van der Waals surface area contributed by atoms with Crippen molar-refractivity contribution < 1.29 is 20.9 Å². The summed E-state index contributed by atoms with van der Waals surface area (Å²) in [5.74, 6) is -1.79. The Morgan fingerprint density at radius 3 is 2.40 bits per heavy atom. The van der Waals surface area contributed by atoms with Crippen LogP contribution in [0, 0.1) is 17.8 Å². The largest absolute Gasteiger partial charge is 0.481 e. The number of aliphatic imine (C=N–C) groups is 1. The van der Waals surface area contributed by atoms with E-state index in [1.165, 1.54) is 6.92 Å². The van der Waals surface area contributed by atoms with E-state index in [2.05, 4.69) is 36.4 Å². The highest BCUT2D eigenvalue weighted by Crippen LogP contribution is 2.39. The van der Waals surface area contributed by atoms with Gasteiger partial charge in [-0.15, -0.1) is 0 Å². The fraction of sp³-hybridized carbons (Fsp3) is 0.857. The molecule has 0 heterocycles. The Kier molecular flexibility index (Phi) is 11.7. The molecule has 1 aliphatic rings. The summed E-state index contributed by atoms with van der Waals surface area (Å²) in [5.41, 5.74) is 11.3. The lowest BCUT2D eigenvalue weighted by Gasteiger charge is -2.37. The second-order valence-corrected chi connectivity index (χ2v) is 8.13. The van der Waals surface area contributed by atoms with Gasteiger partial charge >= 0.3 is 5.97 Å². The third kappa shape index (κ3) is 7.75. The van der Waals surface area contributed by atoms with Crippen molar-refractivity contribution in [2.45, 2.75) is 77.9 Å². The molecule has 0 bridgehead atoms. The molecule has 1 aliphatic carbocycles. The molecule has 176 valence electrons. The van der Waals surface area contributed by atoms with E-state index in [9.17, 15) is 14.7 Å². The van der Waals surface area contributed by atoms with Gasteiger partial charge in [-0.2, -0.15) is 0 Å². The number of hydrogen-bond acceptors (Lipinski definition) is 5. The number of carbonyl (C=O) groups excluding carboxylic acids is 1. The Balaban J connectivity index is 0.00000900. The molecule has 1 rings (SSSR count). The molecule has 0 spiro atoms. The van der Waals surface area contributed by atoms with Crippen LogP contribution in [0.3, 0.4) is 0 Å². The van der Waals surface area contributed by atoms with Gasteiger partial charge in [0.1, 0.15) is 0 Å². The lowest BCUT2D eigenvalue weighted by molar-refractivity contribution is -0.142. The number of amides is 1. The predicted octanol–water partition coefficient (Wildman–Crippen LogP) is 1.31. The van der Waals surface area contributed by atoms with Crippen LogP contribution in [-0.4, -0.2) is 60.8 Å². The van der Waals surface area contributed by atoms with Crippen LogP contribution in [0.4, 0.5) is 0 Å². The maximum atomic E-state index is 12.0. The van der Waals surface area contributed by atoms with Gasteiger partial charge in [0.2, 0.25) is 5.91 Å². The average Bonchev–Trinajstić information content (AvgIpc) is 3.01. The van der Waals surface area contributed by atoms with Crippen LogP contribution in [-0.2, 0) is 14.3 Å². The van der Waals surface area contributed by atoms with Crippen molar-refractivity contribution in [2.75, 3.05) is 19.8 Å².